The summed E-state index contributed by atoms with van der Waals surface area (Å²) in [4.78, 5) is 30.1. The van der Waals surface area contributed by atoms with Crippen molar-refractivity contribution in [2.24, 2.45) is 5.92 Å². The van der Waals surface area contributed by atoms with Gasteiger partial charge in [-0.1, -0.05) is 13.8 Å². The van der Waals surface area contributed by atoms with Crippen molar-refractivity contribution >= 4 is 12.1 Å². The molecule has 0 aromatic heterocycles. The number of hydrogen-bond donors (Lipinski definition) is 1. The van der Waals surface area contributed by atoms with Crippen LogP contribution in [0.3, 0.4) is 0 Å². The van der Waals surface area contributed by atoms with Crippen LogP contribution in [0.15, 0.2) is 0 Å². The molecular weight excluding hydrogens is 320 g/mol. The van der Waals surface area contributed by atoms with Gasteiger partial charge in [-0.05, 0) is 32.1 Å². The van der Waals surface area contributed by atoms with E-state index < -0.39 is 0 Å². The molecule has 1 N–H and O–H groups in total. The number of nitrogens with zero attached hydrogens (tertiary/aromatic N) is 3. The van der Waals surface area contributed by atoms with E-state index in [4.69, 9.17) is 4.74 Å². The van der Waals surface area contributed by atoms with E-state index in [0.29, 0.717) is 18.6 Å². The van der Waals surface area contributed by atoms with Crippen molar-refractivity contribution in [1.82, 2.24) is 20.0 Å². The number of carbonyl (C=O) groups excluding carboxylic acids is 2. The fourth-order valence-electron chi connectivity index (χ4n) is 3.50. The molecule has 3 amide bonds. The van der Waals surface area contributed by atoms with E-state index in [9.17, 15) is 9.59 Å². The Bertz CT molecular complexity index is 428. The summed E-state index contributed by atoms with van der Waals surface area (Å²) in [6.45, 7) is 12.3. The maximum absolute atomic E-state index is 12.2. The van der Waals surface area contributed by atoms with Crippen LogP contribution in [0.1, 0.15) is 40.0 Å². The Labute approximate surface area is 151 Å². The number of likely N-dealkylation sites (tertiary alicyclic amines) is 1. The quantitative estimate of drug-likeness (QED) is 0.820. The average Bonchev–Trinajstić information content (AvgIpc) is 2.62. The minimum absolute atomic E-state index is 0.0671. The molecule has 0 spiro atoms. The van der Waals surface area contributed by atoms with Crippen molar-refractivity contribution in [3.8, 4) is 0 Å². The lowest BCUT2D eigenvalue weighted by molar-refractivity contribution is 0.0568. The molecule has 2 fully saturated rings. The first kappa shape index (κ1) is 19.8. The first-order valence-corrected chi connectivity index (χ1v) is 9.69. The molecule has 0 aromatic carbocycles. The van der Waals surface area contributed by atoms with Gasteiger partial charge in [-0.25, -0.2) is 9.59 Å². The molecule has 0 aliphatic carbocycles. The maximum Gasteiger partial charge on any atom is 0.409 e. The van der Waals surface area contributed by atoms with Gasteiger partial charge in [0.1, 0.15) is 0 Å². The lowest BCUT2D eigenvalue weighted by Gasteiger charge is -2.42. The predicted molar refractivity (Wildman–Crippen MR) is 97.6 cm³/mol. The number of urea groups is 1. The SMILES string of the molecule is CCOC(=O)N1CCC(N2CCN(C(=O)NCCC(C)C)CC2)CC1. The van der Waals surface area contributed by atoms with Gasteiger partial charge in [0.05, 0.1) is 6.61 Å². The lowest BCUT2D eigenvalue weighted by atomic mass is 10.0. The first-order chi connectivity index (χ1) is 12.0. The third-order valence-electron chi connectivity index (χ3n) is 5.11. The van der Waals surface area contributed by atoms with Crippen molar-refractivity contribution in [3.63, 3.8) is 0 Å². The summed E-state index contributed by atoms with van der Waals surface area (Å²) >= 11 is 0. The minimum Gasteiger partial charge on any atom is -0.450 e. The zero-order valence-corrected chi connectivity index (χ0v) is 16.0. The largest absolute Gasteiger partial charge is 0.450 e. The molecule has 7 heteroatoms. The van der Waals surface area contributed by atoms with Crippen LogP contribution in [-0.4, -0.2) is 85.3 Å². The third-order valence-corrected chi connectivity index (χ3v) is 5.11. The standard InChI is InChI=1S/C18H34N4O3/c1-4-25-18(24)22-9-6-16(7-10-22)20-11-13-21(14-12-20)17(23)19-8-5-15(2)3/h15-16H,4-14H2,1-3H3,(H,19,23). The number of ether oxygens (including phenoxy) is 1. The zero-order valence-electron chi connectivity index (χ0n) is 16.0. The Morgan fingerprint density at radius 2 is 1.68 bits per heavy atom. The number of piperidine rings is 1. The summed E-state index contributed by atoms with van der Waals surface area (Å²) in [7, 11) is 0. The van der Waals surface area contributed by atoms with E-state index in [1.165, 1.54) is 0 Å². The molecule has 2 heterocycles. The Kier molecular flexibility index (Phi) is 7.81. The first-order valence-electron chi connectivity index (χ1n) is 9.69. The Morgan fingerprint density at radius 1 is 1.04 bits per heavy atom. The van der Waals surface area contributed by atoms with Gasteiger partial charge >= 0.3 is 12.1 Å². The fraction of sp³-hybridized carbons (Fsp3) is 0.889. The van der Waals surface area contributed by atoms with Gasteiger partial charge in [0, 0.05) is 51.9 Å². The van der Waals surface area contributed by atoms with Crippen LogP contribution >= 0.6 is 0 Å². The molecule has 25 heavy (non-hydrogen) atoms. The number of nitrogens with one attached hydrogen (secondary N) is 1. The van der Waals surface area contributed by atoms with Crippen molar-refractivity contribution in [3.05, 3.63) is 0 Å². The highest BCUT2D eigenvalue weighted by atomic mass is 16.6. The molecule has 7 nitrogen and oxygen atoms in total. The molecule has 0 aromatic rings. The number of piperazine rings is 1. The van der Waals surface area contributed by atoms with E-state index in [0.717, 1.165) is 65.1 Å². The Morgan fingerprint density at radius 3 is 2.24 bits per heavy atom. The van der Waals surface area contributed by atoms with Gasteiger partial charge < -0.3 is 19.9 Å². The predicted octanol–water partition coefficient (Wildman–Crippen LogP) is 1.98. The molecule has 0 atom stereocenters. The van der Waals surface area contributed by atoms with Gasteiger partial charge in [-0.2, -0.15) is 0 Å². The highest BCUT2D eigenvalue weighted by molar-refractivity contribution is 5.74. The number of rotatable bonds is 5. The molecule has 0 unspecified atom stereocenters. The number of carbonyl (C=O) groups is 2. The molecular formula is C18H34N4O3. The lowest BCUT2D eigenvalue weighted by Crippen LogP contribution is -2.56. The van der Waals surface area contributed by atoms with Gasteiger partial charge in [0.25, 0.3) is 0 Å². The van der Waals surface area contributed by atoms with E-state index in [2.05, 4.69) is 24.1 Å². The fourth-order valence-corrected chi connectivity index (χ4v) is 3.50. The van der Waals surface area contributed by atoms with Gasteiger partial charge in [-0.3, -0.25) is 4.90 Å². The zero-order chi connectivity index (χ0) is 18.2. The van der Waals surface area contributed by atoms with Crippen LogP contribution in [0.4, 0.5) is 9.59 Å². The normalized spacial score (nSPS) is 20.0. The van der Waals surface area contributed by atoms with E-state index in [1.54, 1.807) is 4.90 Å². The van der Waals surface area contributed by atoms with E-state index >= 15 is 0 Å². The van der Waals surface area contributed by atoms with Crippen molar-refractivity contribution < 1.29 is 14.3 Å². The third kappa shape index (κ3) is 6.06. The molecule has 2 aliphatic heterocycles. The van der Waals surface area contributed by atoms with Crippen LogP contribution < -0.4 is 5.32 Å². The number of amides is 3. The van der Waals surface area contributed by atoms with Crippen LogP contribution in [0.2, 0.25) is 0 Å². The molecule has 0 radical (unpaired) electrons. The summed E-state index contributed by atoms with van der Waals surface area (Å²) in [5.41, 5.74) is 0. The summed E-state index contributed by atoms with van der Waals surface area (Å²) in [6.07, 6.45) is 2.80. The van der Waals surface area contributed by atoms with Crippen molar-refractivity contribution in [2.45, 2.75) is 46.1 Å². The smallest absolute Gasteiger partial charge is 0.409 e. The van der Waals surface area contributed by atoms with Gasteiger partial charge in [0.2, 0.25) is 0 Å². The summed E-state index contributed by atoms with van der Waals surface area (Å²) in [6, 6.07) is 0.578. The van der Waals surface area contributed by atoms with Crippen molar-refractivity contribution in [1.29, 1.82) is 0 Å². The highest BCUT2D eigenvalue weighted by Gasteiger charge is 2.30. The molecule has 0 saturated carbocycles. The molecule has 2 aliphatic rings. The van der Waals surface area contributed by atoms with Gasteiger partial charge in [0.15, 0.2) is 0 Å². The summed E-state index contributed by atoms with van der Waals surface area (Å²) in [5.74, 6) is 0.609. The highest BCUT2D eigenvalue weighted by Crippen LogP contribution is 2.19. The summed E-state index contributed by atoms with van der Waals surface area (Å²) < 4.78 is 5.07. The topological polar surface area (TPSA) is 65.1 Å². The van der Waals surface area contributed by atoms with Crippen molar-refractivity contribution in [2.75, 3.05) is 52.4 Å². The summed E-state index contributed by atoms with van der Waals surface area (Å²) in [5, 5.41) is 3.02. The minimum atomic E-state index is -0.191. The molecule has 2 saturated heterocycles. The molecule has 2 rings (SSSR count). The molecule has 0 bridgehead atoms. The second-order valence-corrected chi connectivity index (χ2v) is 7.35. The second kappa shape index (κ2) is 9.85. The van der Waals surface area contributed by atoms with E-state index in [1.807, 2.05) is 11.8 Å². The monoisotopic (exact) mass is 354 g/mol. The van der Waals surface area contributed by atoms with Crippen LogP contribution in [-0.2, 0) is 4.74 Å². The Hall–Kier alpha value is -1.50. The second-order valence-electron chi connectivity index (χ2n) is 7.35. The maximum atomic E-state index is 12.2. The molecule has 144 valence electrons. The van der Waals surface area contributed by atoms with E-state index in [-0.39, 0.29) is 12.1 Å². The van der Waals surface area contributed by atoms with Crippen LogP contribution in [0.25, 0.3) is 0 Å². The van der Waals surface area contributed by atoms with Gasteiger partial charge in [-0.15, -0.1) is 0 Å². The average molecular weight is 354 g/mol. The number of hydrogen-bond acceptors (Lipinski definition) is 4. The van der Waals surface area contributed by atoms with Crippen LogP contribution in [0, 0.1) is 5.92 Å². The Balaban J connectivity index is 1.67. The van der Waals surface area contributed by atoms with Crippen LogP contribution in [0.5, 0.6) is 0 Å².